The molecule has 9 heteroatoms. The monoisotopic (exact) mass is 355 g/mol. The Hall–Kier alpha value is -3.49. The summed E-state index contributed by atoms with van der Waals surface area (Å²) in [6.45, 7) is 0.121. The Morgan fingerprint density at radius 2 is 2.15 bits per heavy atom. The van der Waals surface area contributed by atoms with Crippen LogP contribution in [-0.2, 0) is 20.0 Å². The van der Waals surface area contributed by atoms with E-state index in [1.807, 2.05) is 13.2 Å². The van der Waals surface area contributed by atoms with E-state index in [0.717, 1.165) is 5.56 Å². The van der Waals surface area contributed by atoms with Gasteiger partial charge < -0.3 is 16.8 Å². The first-order valence-electron chi connectivity index (χ1n) is 7.83. The van der Waals surface area contributed by atoms with Crippen LogP contribution in [0.25, 0.3) is 0 Å². The Kier molecular flexibility index (Phi) is 4.78. The molecule has 0 unspecified atom stereocenters. The van der Waals surface area contributed by atoms with E-state index in [9.17, 15) is 9.18 Å². The first-order valence-corrected chi connectivity index (χ1v) is 7.83. The first kappa shape index (κ1) is 17.3. The number of halogens is 1. The molecule has 3 aromatic rings. The largest absolute Gasteiger partial charge is 0.399 e. The average Bonchev–Trinajstić information content (AvgIpc) is 2.99. The lowest BCUT2D eigenvalue weighted by Gasteiger charge is -2.11. The molecule has 8 nitrogen and oxygen atoms in total. The minimum absolute atomic E-state index is 0.121. The summed E-state index contributed by atoms with van der Waals surface area (Å²) in [6.07, 6.45) is 5.37. The zero-order valence-corrected chi connectivity index (χ0v) is 14.1. The molecule has 0 spiro atoms. The molecule has 3 rings (SSSR count). The third-order valence-corrected chi connectivity index (χ3v) is 3.75. The van der Waals surface area contributed by atoms with Gasteiger partial charge >= 0.3 is 0 Å². The van der Waals surface area contributed by atoms with Gasteiger partial charge in [0.05, 0.1) is 11.8 Å². The zero-order valence-electron chi connectivity index (χ0n) is 14.1. The van der Waals surface area contributed by atoms with Crippen molar-refractivity contribution < 1.29 is 9.18 Å². The van der Waals surface area contributed by atoms with Crippen LogP contribution in [0.15, 0.2) is 36.8 Å². The van der Waals surface area contributed by atoms with Gasteiger partial charge in [0.25, 0.3) is 5.91 Å². The van der Waals surface area contributed by atoms with Crippen LogP contribution in [0.3, 0.4) is 0 Å². The maximum atomic E-state index is 13.9. The Morgan fingerprint density at radius 1 is 1.35 bits per heavy atom. The fraction of sp³-hybridized carbons (Fsp3) is 0.176. The minimum Gasteiger partial charge on any atom is -0.399 e. The van der Waals surface area contributed by atoms with Crippen molar-refractivity contribution in [1.29, 1.82) is 0 Å². The predicted molar refractivity (Wildman–Crippen MR) is 94.7 cm³/mol. The van der Waals surface area contributed by atoms with Crippen molar-refractivity contribution >= 4 is 17.4 Å². The zero-order chi connectivity index (χ0) is 18.7. The maximum absolute atomic E-state index is 13.9. The summed E-state index contributed by atoms with van der Waals surface area (Å²) in [4.78, 5) is 20.1. The summed E-state index contributed by atoms with van der Waals surface area (Å²) in [5.41, 5.74) is 12.7. The molecule has 2 aromatic heterocycles. The highest BCUT2D eigenvalue weighted by atomic mass is 19.1. The lowest BCUT2D eigenvalue weighted by atomic mass is 10.2. The van der Waals surface area contributed by atoms with E-state index >= 15 is 0 Å². The topological polar surface area (TPSA) is 125 Å². The molecule has 26 heavy (non-hydrogen) atoms. The molecule has 5 N–H and O–H groups in total. The molecule has 1 amide bonds. The highest BCUT2D eigenvalue weighted by molar-refractivity contribution is 5.97. The predicted octanol–water partition coefficient (Wildman–Crippen LogP) is 1.23. The second kappa shape index (κ2) is 7.18. The molecule has 0 atom stereocenters. The summed E-state index contributed by atoms with van der Waals surface area (Å²) in [5, 5.41) is 7.04. The molecule has 0 radical (unpaired) electrons. The molecule has 0 saturated heterocycles. The summed E-state index contributed by atoms with van der Waals surface area (Å²) >= 11 is 0. The van der Waals surface area contributed by atoms with Gasteiger partial charge in [0.2, 0.25) is 0 Å². The average molecular weight is 355 g/mol. The van der Waals surface area contributed by atoms with E-state index in [-0.39, 0.29) is 17.9 Å². The SMILES string of the molecule is Cn1cc(Cc2ncc(C(N)=O)c(NCc3ccc(N)cc3F)n2)cn1. The summed E-state index contributed by atoms with van der Waals surface area (Å²) in [7, 11) is 1.81. The van der Waals surface area contributed by atoms with Crippen molar-refractivity contribution in [1.82, 2.24) is 19.7 Å². The van der Waals surface area contributed by atoms with Crippen LogP contribution in [0, 0.1) is 5.82 Å². The van der Waals surface area contributed by atoms with Crippen LogP contribution in [0.2, 0.25) is 0 Å². The van der Waals surface area contributed by atoms with Crippen molar-refractivity contribution in [2.45, 2.75) is 13.0 Å². The molecule has 0 aliphatic rings. The number of nitrogens with one attached hydrogen (secondary N) is 1. The number of rotatable bonds is 6. The lowest BCUT2D eigenvalue weighted by molar-refractivity contribution is 0.100. The molecule has 2 heterocycles. The van der Waals surface area contributed by atoms with Crippen LogP contribution in [0.5, 0.6) is 0 Å². The van der Waals surface area contributed by atoms with Gasteiger partial charge in [0.1, 0.15) is 17.5 Å². The Morgan fingerprint density at radius 3 is 2.81 bits per heavy atom. The number of primary amides is 1. The normalized spacial score (nSPS) is 10.7. The highest BCUT2D eigenvalue weighted by Gasteiger charge is 2.13. The quantitative estimate of drug-likeness (QED) is 0.571. The molecular formula is C17H18FN7O. The maximum Gasteiger partial charge on any atom is 0.254 e. The molecular weight excluding hydrogens is 337 g/mol. The summed E-state index contributed by atoms with van der Waals surface area (Å²) in [6, 6.07) is 4.40. The fourth-order valence-corrected chi connectivity index (χ4v) is 2.45. The van der Waals surface area contributed by atoms with Gasteiger partial charge in [-0.2, -0.15) is 5.10 Å². The van der Waals surface area contributed by atoms with Gasteiger partial charge in [0, 0.05) is 43.7 Å². The Bertz CT molecular complexity index is 954. The molecule has 0 fully saturated rings. The second-order valence-electron chi connectivity index (χ2n) is 5.82. The minimum atomic E-state index is -0.668. The standard InChI is InChI=1S/C17H18FN7O/c1-25-9-10(6-23-25)4-15-21-8-13(16(20)26)17(24-15)22-7-11-2-3-12(19)5-14(11)18/h2-3,5-6,8-9H,4,7,19H2,1H3,(H2,20,26)(H,21,22,24). The Balaban J connectivity index is 1.83. The Labute approximate surface area is 149 Å². The van der Waals surface area contributed by atoms with Gasteiger partial charge in [-0.15, -0.1) is 0 Å². The number of benzene rings is 1. The number of hydrogen-bond donors (Lipinski definition) is 3. The smallest absolute Gasteiger partial charge is 0.254 e. The lowest BCUT2D eigenvalue weighted by Crippen LogP contribution is -2.17. The van der Waals surface area contributed by atoms with Crippen LogP contribution in [0.4, 0.5) is 15.9 Å². The van der Waals surface area contributed by atoms with E-state index in [1.54, 1.807) is 23.0 Å². The number of nitrogens with two attached hydrogens (primary N) is 2. The summed E-state index contributed by atoms with van der Waals surface area (Å²) in [5.74, 6) is -0.369. The first-order chi connectivity index (χ1) is 12.4. The molecule has 0 bridgehead atoms. The molecule has 0 aliphatic carbocycles. The van der Waals surface area contributed by atoms with E-state index < -0.39 is 11.7 Å². The number of carbonyl (C=O) groups excluding carboxylic acids is 1. The third kappa shape index (κ3) is 3.94. The number of nitrogens with zero attached hydrogens (tertiary/aromatic N) is 4. The molecule has 134 valence electrons. The van der Waals surface area contributed by atoms with Gasteiger partial charge in [-0.3, -0.25) is 9.48 Å². The van der Waals surface area contributed by atoms with Crippen LogP contribution in [-0.4, -0.2) is 25.7 Å². The van der Waals surface area contributed by atoms with Crippen LogP contribution < -0.4 is 16.8 Å². The van der Waals surface area contributed by atoms with Crippen molar-refractivity contribution in [3.8, 4) is 0 Å². The number of amides is 1. The summed E-state index contributed by atoms with van der Waals surface area (Å²) < 4.78 is 15.6. The highest BCUT2D eigenvalue weighted by Crippen LogP contribution is 2.17. The number of hydrogen-bond acceptors (Lipinski definition) is 6. The van der Waals surface area contributed by atoms with Gasteiger partial charge in [-0.25, -0.2) is 14.4 Å². The number of aromatic nitrogens is 4. The molecule has 0 saturated carbocycles. The van der Waals surface area contributed by atoms with Crippen molar-refractivity contribution in [2.75, 3.05) is 11.1 Å². The van der Waals surface area contributed by atoms with E-state index in [2.05, 4.69) is 20.4 Å². The number of nitrogen functional groups attached to an aromatic ring is 1. The van der Waals surface area contributed by atoms with Gasteiger partial charge in [-0.1, -0.05) is 6.07 Å². The fourth-order valence-electron chi connectivity index (χ4n) is 2.45. The third-order valence-electron chi connectivity index (χ3n) is 3.75. The van der Waals surface area contributed by atoms with Gasteiger partial charge in [0.15, 0.2) is 0 Å². The van der Waals surface area contributed by atoms with Crippen LogP contribution in [0.1, 0.15) is 27.3 Å². The van der Waals surface area contributed by atoms with E-state index in [0.29, 0.717) is 23.5 Å². The number of anilines is 2. The second-order valence-corrected chi connectivity index (χ2v) is 5.82. The molecule has 1 aromatic carbocycles. The number of carbonyl (C=O) groups is 1. The molecule has 0 aliphatic heterocycles. The van der Waals surface area contributed by atoms with Gasteiger partial charge in [-0.05, 0) is 17.7 Å². The van der Waals surface area contributed by atoms with Crippen LogP contribution >= 0.6 is 0 Å². The van der Waals surface area contributed by atoms with E-state index in [1.165, 1.54) is 12.3 Å². The van der Waals surface area contributed by atoms with Crippen molar-refractivity contribution in [2.24, 2.45) is 12.8 Å². The van der Waals surface area contributed by atoms with E-state index in [4.69, 9.17) is 11.5 Å². The van der Waals surface area contributed by atoms with Crippen molar-refractivity contribution in [3.05, 3.63) is 65.1 Å². The van der Waals surface area contributed by atoms with Crippen molar-refractivity contribution in [3.63, 3.8) is 0 Å². The number of aryl methyl sites for hydroxylation is 1.